The van der Waals surface area contributed by atoms with Gasteiger partial charge in [-0.3, -0.25) is 4.68 Å². The average Bonchev–Trinajstić information content (AvgIpc) is 2.87. The van der Waals surface area contributed by atoms with E-state index in [0.717, 1.165) is 35.5 Å². The lowest BCUT2D eigenvalue weighted by Gasteiger charge is -2.17. The van der Waals surface area contributed by atoms with E-state index in [1.807, 2.05) is 38.4 Å². The number of carbonyl (C=O) groups is 1. The number of hydrogen-bond donors (Lipinski definition) is 2. The van der Waals surface area contributed by atoms with Crippen LogP contribution in [0.4, 0.5) is 4.79 Å². The van der Waals surface area contributed by atoms with Crippen LogP contribution in [0.15, 0.2) is 30.6 Å². The van der Waals surface area contributed by atoms with Crippen molar-refractivity contribution < 1.29 is 14.3 Å². The molecule has 0 spiro atoms. The van der Waals surface area contributed by atoms with Crippen molar-refractivity contribution in [3.05, 3.63) is 41.7 Å². The van der Waals surface area contributed by atoms with E-state index in [4.69, 9.17) is 9.47 Å². The molecular weight excluding hydrogens is 320 g/mol. The van der Waals surface area contributed by atoms with Gasteiger partial charge in [-0.2, -0.15) is 5.10 Å². The Bertz CT molecular complexity index is 729. The van der Waals surface area contributed by atoms with E-state index in [0.29, 0.717) is 19.8 Å². The molecule has 7 nitrogen and oxygen atoms in total. The number of ether oxygens (including phenoxy) is 2. The summed E-state index contributed by atoms with van der Waals surface area (Å²) < 4.78 is 13.1. The molecule has 1 aliphatic rings. The van der Waals surface area contributed by atoms with Crippen molar-refractivity contribution in [1.82, 2.24) is 20.4 Å². The molecule has 1 unspecified atom stereocenters. The topological polar surface area (TPSA) is 77.4 Å². The van der Waals surface area contributed by atoms with Crippen molar-refractivity contribution >= 4 is 6.03 Å². The van der Waals surface area contributed by atoms with Gasteiger partial charge in [-0.15, -0.1) is 0 Å². The minimum absolute atomic E-state index is 0.129. The Kier molecular flexibility index (Phi) is 5.42. The first-order chi connectivity index (χ1) is 12.1. The highest BCUT2D eigenvalue weighted by atomic mass is 16.5. The summed E-state index contributed by atoms with van der Waals surface area (Å²) in [5.74, 6) is 1.50. The monoisotopic (exact) mass is 344 g/mol. The first-order valence-electron chi connectivity index (χ1n) is 8.53. The Balaban J connectivity index is 1.50. The van der Waals surface area contributed by atoms with Gasteiger partial charge in [-0.05, 0) is 36.6 Å². The summed E-state index contributed by atoms with van der Waals surface area (Å²) >= 11 is 0. The van der Waals surface area contributed by atoms with Crippen LogP contribution < -0.4 is 20.1 Å². The molecule has 0 aliphatic carbocycles. The molecule has 3 rings (SSSR count). The van der Waals surface area contributed by atoms with Crippen LogP contribution in [0.25, 0.3) is 0 Å². The van der Waals surface area contributed by atoms with Gasteiger partial charge in [0.2, 0.25) is 0 Å². The van der Waals surface area contributed by atoms with Crippen molar-refractivity contribution in [2.24, 2.45) is 7.05 Å². The number of rotatable bonds is 5. The summed E-state index contributed by atoms with van der Waals surface area (Å²) in [5.41, 5.74) is 2.07. The van der Waals surface area contributed by atoms with Crippen LogP contribution in [0, 0.1) is 0 Å². The summed E-state index contributed by atoms with van der Waals surface area (Å²) in [6.45, 7) is 3.82. The number of amides is 2. The zero-order chi connectivity index (χ0) is 17.6. The molecule has 25 heavy (non-hydrogen) atoms. The Labute approximate surface area is 147 Å². The Hall–Kier alpha value is -2.70. The van der Waals surface area contributed by atoms with E-state index in [2.05, 4.69) is 15.7 Å². The van der Waals surface area contributed by atoms with Crippen molar-refractivity contribution in [3.8, 4) is 11.5 Å². The molecule has 7 heteroatoms. The summed E-state index contributed by atoms with van der Waals surface area (Å²) in [6, 6.07) is 5.46. The summed E-state index contributed by atoms with van der Waals surface area (Å²) in [7, 11) is 1.88. The molecule has 0 radical (unpaired) electrons. The fourth-order valence-electron chi connectivity index (χ4n) is 2.70. The van der Waals surface area contributed by atoms with Crippen LogP contribution in [-0.2, 0) is 13.5 Å². The van der Waals surface area contributed by atoms with Crippen LogP contribution in [0.5, 0.6) is 11.5 Å². The van der Waals surface area contributed by atoms with Gasteiger partial charge in [0, 0.05) is 26.2 Å². The average molecular weight is 344 g/mol. The lowest BCUT2D eigenvalue weighted by molar-refractivity contribution is 0.238. The van der Waals surface area contributed by atoms with Crippen molar-refractivity contribution in [2.75, 3.05) is 19.8 Å². The van der Waals surface area contributed by atoms with Crippen LogP contribution in [0.3, 0.4) is 0 Å². The number of carbonyl (C=O) groups excluding carboxylic acids is 1. The predicted molar refractivity (Wildman–Crippen MR) is 93.9 cm³/mol. The molecule has 1 aliphatic heterocycles. The fourth-order valence-corrected chi connectivity index (χ4v) is 2.70. The zero-order valence-electron chi connectivity index (χ0n) is 14.6. The number of fused-ring (bicyclic) bond motifs is 1. The maximum atomic E-state index is 12.1. The second-order valence-corrected chi connectivity index (χ2v) is 6.15. The second-order valence-electron chi connectivity index (χ2n) is 6.15. The van der Waals surface area contributed by atoms with Gasteiger partial charge in [-0.25, -0.2) is 4.79 Å². The number of aromatic nitrogens is 2. The Morgan fingerprint density at radius 2 is 2.12 bits per heavy atom. The Morgan fingerprint density at radius 1 is 1.32 bits per heavy atom. The predicted octanol–water partition coefficient (Wildman–Crippen LogP) is 2.18. The molecule has 2 amide bonds. The standard InChI is InChI=1S/C18H24N4O3/c1-13(15-4-5-16-17(10-15)25-9-3-8-24-16)21-18(23)19-7-6-14-11-20-22(2)12-14/h4-5,10-13H,3,6-9H2,1-2H3,(H2,19,21,23). The van der Waals surface area contributed by atoms with E-state index < -0.39 is 0 Å². The molecular formula is C18H24N4O3. The first-order valence-corrected chi connectivity index (χ1v) is 8.53. The molecule has 0 bridgehead atoms. The maximum absolute atomic E-state index is 12.1. The second kappa shape index (κ2) is 7.92. The van der Waals surface area contributed by atoms with Crippen molar-refractivity contribution in [2.45, 2.75) is 25.8 Å². The molecule has 1 atom stereocenters. The lowest BCUT2D eigenvalue weighted by Crippen LogP contribution is -2.38. The SMILES string of the molecule is CC(NC(=O)NCCc1cnn(C)c1)c1ccc2c(c1)OCCCO2. The quantitative estimate of drug-likeness (QED) is 0.872. The maximum Gasteiger partial charge on any atom is 0.315 e. The van der Waals surface area contributed by atoms with Crippen LogP contribution in [-0.4, -0.2) is 35.6 Å². The molecule has 2 N–H and O–H groups in total. The number of aryl methyl sites for hydroxylation is 1. The highest BCUT2D eigenvalue weighted by molar-refractivity contribution is 5.74. The molecule has 134 valence electrons. The molecule has 2 aromatic rings. The third-order valence-electron chi connectivity index (χ3n) is 4.08. The van der Waals surface area contributed by atoms with Gasteiger partial charge in [0.05, 0.1) is 25.5 Å². The first kappa shape index (κ1) is 17.1. The highest BCUT2D eigenvalue weighted by Gasteiger charge is 2.15. The minimum atomic E-state index is -0.191. The number of nitrogens with zero attached hydrogens (tertiary/aromatic N) is 2. The molecule has 0 saturated heterocycles. The summed E-state index contributed by atoms with van der Waals surface area (Å²) in [4.78, 5) is 12.1. The van der Waals surface area contributed by atoms with Gasteiger partial charge >= 0.3 is 6.03 Å². The molecule has 2 heterocycles. The smallest absolute Gasteiger partial charge is 0.315 e. The molecule has 0 fully saturated rings. The van der Waals surface area contributed by atoms with Gasteiger partial charge < -0.3 is 20.1 Å². The normalized spacial score (nSPS) is 14.5. The van der Waals surface area contributed by atoms with E-state index in [1.54, 1.807) is 10.9 Å². The van der Waals surface area contributed by atoms with Gasteiger partial charge in [-0.1, -0.05) is 6.07 Å². The van der Waals surface area contributed by atoms with Crippen LogP contribution in [0.1, 0.15) is 30.5 Å². The van der Waals surface area contributed by atoms with E-state index in [9.17, 15) is 4.79 Å². The minimum Gasteiger partial charge on any atom is -0.490 e. The third-order valence-corrected chi connectivity index (χ3v) is 4.08. The molecule has 0 saturated carbocycles. The third kappa shape index (κ3) is 4.65. The summed E-state index contributed by atoms with van der Waals surface area (Å²) in [6.07, 6.45) is 5.37. The van der Waals surface area contributed by atoms with E-state index in [-0.39, 0.29) is 12.1 Å². The Morgan fingerprint density at radius 3 is 2.88 bits per heavy atom. The van der Waals surface area contributed by atoms with Crippen molar-refractivity contribution in [3.63, 3.8) is 0 Å². The van der Waals surface area contributed by atoms with Crippen LogP contribution in [0.2, 0.25) is 0 Å². The van der Waals surface area contributed by atoms with Crippen LogP contribution >= 0.6 is 0 Å². The highest BCUT2D eigenvalue weighted by Crippen LogP contribution is 2.32. The fraction of sp³-hybridized carbons (Fsp3) is 0.444. The summed E-state index contributed by atoms with van der Waals surface area (Å²) in [5, 5.41) is 9.92. The lowest BCUT2D eigenvalue weighted by atomic mass is 10.1. The van der Waals surface area contributed by atoms with Gasteiger partial charge in [0.25, 0.3) is 0 Å². The number of benzene rings is 1. The van der Waals surface area contributed by atoms with E-state index in [1.165, 1.54) is 0 Å². The van der Waals surface area contributed by atoms with Gasteiger partial charge in [0.15, 0.2) is 11.5 Å². The van der Waals surface area contributed by atoms with E-state index >= 15 is 0 Å². The molecule has 1 aromatic heterocycles. The van der Waals surface area contributed by atoms with Gasteiger partial charge in [0.1, 0.15) is 0 Å². The number of urea groups is 1. The zero-order valence-corrected chi connectivity index (χ0v) is 14.6. The number of hydrogen-bond acceptors (Lipinski definition) is 4. The largest absolute Gasteiger partial charge is 0.490 e. The van der Waals surface area contributed by atoms with Crippen molar-refractivity contribution in [1.29, 1.82) is 0 Å². The molecule has 1 aromatic carbocycles. The number of nitrogens with one attached hydrogen (secondary N) is 2.